The monoisotopic (exact) mass is 491 g/mol. The Morgan fingerprint density at radius 3 is 2.29 bits per heavy atom. The quantitative estimate of drug-likeness (QED) is 0.292. The van der Waals surface area contributed by atoms with Gasteiger partial charge in [0.1, 0.15) is 5.52 Å². The third kappa shape index (κ3) is 4.81. The summed E-state index contributed by atoms with van der Waals surface area (Å²) in [5, 5.41) is 0.189. The number of nitrogen functional groups attached to an aromatic ring is 1. The molecule has 5 rings (SSSR count). The van der Waals surface area contributed by atoms with Crippen LogP contribution in [0.5, 0.6) is 0 Å². The van der Waals surface area contributed by atoms with E-state index >= 15 is 0 Å². The Hall–Kier alpha value is -3.98. The number of aromatic nitrogens is 4. The predicted molar refractivity (Wildman–Crippen MR) is 129 cm³/mol. The van der Waals surface area contributed by atoms with Gasteiger partial charge in [0.15, 0.2) is 10.8 Å². The molecule has 2 unspecified atom stereocenters. The summed E-state index contributed by atoms with van der Waals surface area (Å²) in [4.78, 5) is 37.5. The van der Waals surface area contributed by atoms with Crippen LogP contribution in [0.4, 0.5) is 5.95 Å². The molecule has 4 aromatic rings. The second kappa shape index (κ2) is 9.34. The van der Waals surface area contributed by atoms with Crippen LogP contribution in [0.25, 0.3) is 11.2 Å². The summed E-state index contributed by atoms with van der Waals surface area (Å²) in [5.74, 6) is -0.796. The Morgan fingerprint density at radius 1 is 1.00 bits per heavy atom. The number of benzene rings is 2. The van der Waals surface area contributed by atoms with Crippen LogP contribution in [-0.4, -0.2) is 44.7 Å². The highest BCUT2D eigenvalue weighted by Gasteiger charge is 2.56. The van der Waals surface area contributed by atoms with E-state index in [0.717, 1.165) is 0 Å². The maximum Gasteiger partial charge on any atom is 0.338 e. The molecule has 1 aliphatic rings. The Balaban J connectivity index is 1.34. The first-order chi connectivity index (χ1) is 16.9. The van der Waals surface area contributed by atoms with E-state index in [-0.39, 0.29) is 30.2 Å². The largest absolute Gasteiger partial charge is 0.462 e. The molecule has 0 amide bonds. The van der Waals surface area contributed by atoms with E-state index in [1.54, 1.807) is 54.9 Å². The van der Waals surface area contributed by atoms with Crippen LogP contribution in [0.1, 0.15) is 27.1 Å². The Kier molecular flexibility index (Phi) is 6.08. The molecule has 10 heteroatoms. The highest BCUT2D eigenvalue weighted by molar-refractivity contribution is 6.33. The summed E-state index contributed by atoms with van der Waals surface area (Å²) in [6.07, 6.45) is 2.29. The summed E-state index contributed by atoms with van der Waals surface area (Å²) >= 11 is 6.33. The zero-order chi connectivity index (χ0) is 24.4. The molecule has 0 saturated heterocycles. The smallest absolute Gasteiger partial charge is 0.338 e. The molecule has 1 aliphatic carbocycles. The van der Waals surface area contributed by atoms with Crippen LogP contribution < -0.4 is 5.73 Å². The molecule has 178 valence electrons. The number of nitrogens with two attached hydrogens (primary N) is 1. The van der Waals surface area contributed by atoms with Gasteiger partial charge in [-0.1, -0.05) is 48.0 Å². The van der Waals surface area contributed by atoms with Crippen LogP contribution in [0.15, 0.2) is 67.0 Å². The second-order valence-electron chi connectivity index (χ2n) is 8.59. The van der Waals surface area contributed by atoms with E-state index in [9.17, 15) is 9.59 Å². The fourth-order valence-electron chi connectivity index (χ4n) is 4.19. The zero-order valence-electron chi connectivity index (χ0n) is 18.6. The average molecular weight is 492 g/mol. The van der Waals surface area contributed by atoms with Crippen molar-refractivity contribution in [1.82, 2.24) is 19.5 Å². The van der Waals surface area contributed by atoms with Crippen molar-refractivity contribution in [3.8, 4) is 0 Å². The second-order valence-corrected chi connectivity index (χ2v) is 8.95. The number of hydrogen-bond acceptors (Lipinski definition) is 8. The molecule has 0 bridgehead atoms. The predicted octanol–water partition coefficient (Wildman–Crippen LogP) is 3.78. The van der Waals surface area contributed by atoms with Crippen LogP contribution >= 0.6 is 11.6 Å². The van der Waals surface area contributed by atoms with Gasteiger partial charge in [-0.15, -0.1) is 0 Å². The first-order valence-electron chi connectivity index (χ1n) is 11.0. The molecular formula is C25H22ClN5O4. The third-order valence-electron chi connectivity index (χ3n) is 6.22. The van der Waals surface area contributed by atoms with Crippen molar-refractivity contribution in [3.63, 3.8) is 0 Å². The lowest BCUT2D eigenvalue weighted by molar-refractivity contribution is 0.0317. The van der Waals surface area contributed by atoms with Crippen LogP contribution in [0.3, 0.4) is 0 Å². The maximum absolute atomic E-state index is 12.6. The molecule has 2 heterocycles. The molecule has 9 nitrogen and oxygen atoms in total. The lowest BCUT2D eigenvalue weighted by atomic mass is 10.0. The lowest BCUT2D eigenvalue weighted by Crippen LogP contribution is -2.24. The van der Waals surface area contributed by atoms with E-state index in [4.69, 9.17) is 26.8 Å². The number of anilines is 1. The molecule has 2 aromatic carbocycles. The van der Waals surface area contributed by atoms with E-state index in [2.05, 4.69) is 15.0 Å². The van der Waals surface area contributed by atoms with Crippen molar-refractivity contribution in [2.75, 3.05) is 18.9 Å². The van der Waals surface area contributed by atoms with Gasteiger partial charge in [0, 0.05) is 17.9 Å². The van der Waals surface area contributed by atoms with Crippen molar-refractivity contribution in [1.29, 1.82) is 0 Å². The van der Waals surface area contributed by atoms with Gasteiger partial charge >= 0.3 is 11.9 Å². The van der Waals surface area contributed by atoms with Gasteiger partial charge in [0.25, 0.3) is 0 Å². The minimum absolute atomic E-state index is 0.0235. The standard InChI is InChI=1S/C25H22ClN5O4/c26-20-19-21(30-24(27)29-20)28-15-31(19)13-25(14-35-23(33)17-9-5-2-6-10-17)11-18(25)12-34-22(32)16-7-3-1-4-8-16/h1-10,15,18H,11-14H2,(H2,27,29,30). The Labute approximate surface area is 205 Å². The topological polar surface area (TPSA) is 122 Å². The van der Waals surface area contributed by atoms with Crippen molar-refractivity contribution in [3.05, 3.63) is 83.3 Å². The number of ether oxygens (including phenoxy) is 2. The first-order valence-corrected chi connectivity index (χ1v) is 11.4. The highest BCUT2D eigenvalue weighted by atomic mass is 35.5. The van der Waals surface area contributed by atoms with Crippen molar-refractivity contribution in [2.45, 2.75) is 13.0 Å². The summed E-state index contributed by atoms with van der Waals surface area (Å²) in [6.45, 7) is 0.758. The van der Waals surface area contributed by atoms with Crippen molar-refractivity contribution >= 4 is 40.7 Å². The fourth-order valence-corrected chi connectivity index (χ4v) is 4.47. The summed E-state index contributed by atoms with van der Waals surface area (Å²) < 4.78 is 13.1. The van der Waals surface area contributed by atoms with Gasteiger partial charge in [-0.05, 0) is 30.7 Å². The molecule has 0 radical (unpaired) electrons. The molecule has 1 saturated carbocycles. The Bertz CT molecular complexity index is 1380. The maximum atomic E-state index is 12.6. The van der Waals surface area contributed by atoms with Gasteiger partial charge in [-0.3, -0.25) is 0 Å². The van der Waals surface area contributed by atoms with E-state index in [0.29, 0.717) is 35.3 Å². The number of fused-ring (bicyclic) bond motifs is 1. The average Bonchev–Trinajstić information content (AvgIpc) is 3.41. The fraction of sp³-hybridized carbons (Fsp3) is 0.240. The number of carbonyl (C=O) groups is 2. The third-order valence-corrected chi connectivity index (χ3v) is 6.48. The first kappa shape index (κ1) is 22.8. The highest BCUT2D eigenvalue weighted by Crippen LogP contribution is 2.54. The molecular weight excluding hydrogens is 470 g/mol. The summed E-state index contributed by atoms with van der Waals surface area (Å²) in [6, 6.07) is 17.6. The van der Waals surface area contributed by atoms with Crippen molar-refractivity contribution < 1.29 is 19.1 Å². The molecule has 1 fully saturated rings. The Morgan fingerprint density at radius 2 is 1.63 bits per heavy atom. The molecule has 0 spiro atoms. The molecule has 2 aromatic heterocycles. The van der Waals surface area contributed by atoms with Gasteiger partial charge in [-0.25, -0.2) is 14.6 Å². The van der Waals surface area contributed by atoms with E-state index in [1.165, 1.54) is 0 Å². The number of carbonyl (C=O) groups excluding carboxylic acids is 2. The number of nitrogens with zero attached hydrogens (tertiary/aromatic N) is 4. The van der Waals surface area contributed by atoms with Crippen LogP contribution in [-0.2, 0) is 16.0 Å². The summed E-state index contributed by atoms with van der Waals surface area (Å²) in [5.41, 5.74) is 7.09. The molecule has 35 heavy (non-hydrogen) atoms. The van der Waals surface area contributed by atoms with Crippen LogP contribution in [0.2, 0.25) is 5.15 Å². The zero-order valence-corrected chi connectivity index (χ0v) is 19.4. The normalized spacial score (nSPS) is 18.8. The van der Waals surface area contributed by atoms with Crippen LogP contribution in [0, 0.1) is 11.3 Å². The number of esters is 2. The van der Waals surface area contributed by atoms with Gasteiger partial charge in [0.2, 0.25) is 5.95 Å². The number of hydrogen-bond donors (Lipinski definition) is 1. The lowest BCUT2D eigenvalue weighted by Gasteiger charge is -2.19. The van der Waals surface area contributed by atoms with Crippen molar-refractivity contribution in [2.24, 2.45) is 11.3 Å². The number of imidazole rings is 1. The SMILES string of the molecule is Nc1nc(Cl)c2c(ncn2CC2(COC(=O)c3ccccc3)CC2COC(=O)c2ccccc2)n1. The minimum Gasteiger partial charge on any atom is -0.462 e. The van der Waals surface area contributed by atoms with E-state index < -0.39 is 17.4 Å². The molecule has 2 N–H and O–H groups in total. The minimum atomic E-state index is -0.472. The van der Waals surface area contributed by atoms with Gasteiger partial charge in [-0.2, -0.15) is 9.97 Å². The van der Waals surface area contributed by atoms with E-state index in [1.807, 2.05) is 16.7 Å². The molecule has 0 aliphatic heterocycles. The van der Waals surface area contributed by atoms with Gasteiger partial charge < -0.3 is 19.8 Å². The van der Waals surface area contributed by atoms with Gasteiger partial charge in [0.05, 0.1) is 30.7 Å². The summed E-state index contributed by atoms with van der Waals surface area (Å²) in [7, 11) is 0. The number of halogens is 1. The number of rotatable bonds is 8. The molecule has 2 atom stereocenters.